The molecule has 0 spiro atoms. The van der Waals surface area contributed by atoms with Crippen molar-refractivity contribution < 1.29 is 22.7 Å². The van der Waals surface area contributed by atoms with Crippen LogP contribution in [0.3, 0.4) is 0 Å². The maximum Gasteiger partial charge on any atom is 0.416 e. The Morgan fingerprint density at radius 2 is 2.00 bits per heavy atom. The van der Waals surface area contributed by atoms with Crippen LogP contribution in [-0.2, 0) is 6.18 Å². The first kappa shape index (κ1) is 14.6. The lowest BCUT2D eigenvalue weighted by Crippen LogP contribution is -2.21. The van der Waals surface area contributed by atoms with E-state index in [4.69, 9.17) is 16.2 Å². The van der Waals surface area contributed by atoms with Gasteiger partial charge in [-0.2, -0.15) is 13.2 Å². The van der Waals surface area contributed by atoms with E-state index < -0.39 is 17.6 Å². The van der Waals surface area contributed by atoms with Gasteiger partial charge in [0.25, 0.3) is 5.91 Å². The van der Waals surface area contributed by atoms with E-state index in [1.807, 2.05) is 0 Å². The molecule has 1 fully saturated rings. The van der Waals surface area contributed by atoms with Crippen molar-refractivity contribution in [1.29, 1.82) is 0 Å². The summed E-state index contributed by atoms with van der Waals surface area (Å²) >= 11 is 0. The van der Waals surface area contributed by atoms with E-state index in [0.717, 1.165) is 18.6 Å². The summed E-state index contributed by atoms with van der Waals surface area (Å²) in [7, 11) is 0. The molecule has 1 amide bonds. The minimum Gasteiger partial charge on any atom is -0.490 e. The lowest BCUT2D eigenvalue weighted by Gasteiger charge is -2.17. The third kappa shape index (κ3) is 3.22. The van der Waals surface area contributed by atoms with E-state index in [1.54, 1.807) is 0 Å². The Morgan fingerprint density at radius 1 is 1.30 bits per heavy atom. The summed E-state index contributed by atoms with van der Waals surface area (Å²) in [4.78, 5) is 11.3. The minimum absolute atomic E-state index is 0.0199. The molecule has 2 rings (SSSR count). The number of ether oxygens (including phenoxy) is 1. The molecule has 0 aliphatic heterocycles. The molecule has 2 atom stereocenters. The van der Waals surface area contributed by atoms with Gasteiger partial charge in [0, 0.05) is 6.04 Å². The number of benzene rings is 1. The van der Waals surface area contributed by atoms with Gasteiger partial charge in [0.05, 0.1) is 11.1 Å². The van der Waals surface area contributed by atoms with Gasteiger partial charge in [0.1, 0.15) is 11.9 Å². The molecule has 0 bridgehead atoms. The normalized spacial score (nSPS) is 22.8. The van der Waals surface area contributed by atoms with E-state index in [0.29, 0.717) is 18.9 Å². The zero-order valence-corrected chi connectivity index (χ0v) is 10.6. The van der Waals surface area contributed by atoms with Crippen molar-refractivity contribution in [3.8, 4) is 5.75 Å². The number of carbonyl (C=O) groups is 1. The van der Waals surface area contributed by atoms with Gasteiger partial charge >= 0.3 is 6.18 Å². The summed E-state index contributed by atoms with van der Waals surface area (Å²) in [5.41, 5.74) is 9.66. The summed E-state index contributed by atoms with van der Waals surface area (Å²) in [6, 6.07) is 2.74. The van der Waals surface area contributed by atoms with E-state index >= 15 is 0 Å². The van der Waals surface area contributed by atoms with Crippen molar-refractivity contribution in [3.05, 3.63) is 29.3 Å². The Labute approximate surface area is 113 Å². The third-order valence-electron chi connectivity index (χ3n) is 3.29. The molecule has 2 unspecified atom stereocenters. The van der Waals surface area contributed by atoms with E-state index in [1.165, 1.54) is 0 Å². The van der Waals surface area contributed by atoms with Crippen LogP contribution in [0.1, 0.15) is 35.2 Å². The minimum atomic E-state index is -4.53. The quantitative estimate of drug-likeness (QED) is 0.893. The molecule has 1 saturated carbocycles. The fourth-order valence-corrected chi connectivity index (χ4v) is 2.26. The molecule has 20 heavy (non-hydrogen) atoms. The van der Waals surface area contributed by atoms with Gasteiger partial charge in [-0.1, -0.05) is 0 Å². The molecule has 1 aromatic rings. The van der Waals surface area contributed by atoms with Crippen LogP contribution in [0.25, 0.3) is 0 Å². The summed E-state index contributed by atoms with van der Waals surface area (Å²) in [6.07, 6.45) is -2.62. The highest BCUT2D eigenvalue weighted by molar-refractivity contribution is 5.95. The predicted octanol–water partition coefficient (Wildman–Crippen LogP) is 2.06. The number of amides is 1. The zero-order valence-electron chi connectivity index (χ0n) is 10.6. The fraction of sp³-hybridized carbons (Fsp3) is 0.462. The van der Waals surface area contributed by atoms with Crippen LogP contribution in [0.5, 0.6) is 5.75 Å². The Bertz CT molecular complexity index is 517. The maximum absolute atomic E-state index is 12.6. The van der Waals surface area contributed by atoms with Crippen molar-refractivity contribution in [2.45, 2.75) is 37.6 Å². The average Bonchev–Trinajstić information content (AvgIpc) is 2.73. The van der Waals surface area contributed by atoms with Crippen molar-refractivity contribution in [3.63, 3.8) is 0 Å². The van der Waals surface area contributed by atoms with Crippen LogP contribution in [0, 0.1) is 0 Å². The second kappa shape index (κ2) is 5.32. The number of hydrogen-bond acceptors (Lipinski definition) is 3. The zero-order chi connectivity index (χ0) is 14.9. The summed E-state index contributed by atoms with van der Waals surface area (Å²) in [6.45, 7) is 0. The highest BCUT2D eigenvalue weighted by Gasteiger charge is 2.32. The van der Waals surface area contributed by atoms with E-state index in [-0.39, 0.29) is 23.5 Å². The molecule has 0 saturated heterocycles. The number of halogens is 3. The molecule has 4 N–H and O–H groups in total. The van der Waals surface area contributed by atoms with E-state index in [9.17, 15) is 18.0 Å². The number of alkyl halides is 3. The van der Waals surface area contributed by atoms with Crippen LogP contribution in [0.4, 0.5) is 13.2 Å². The average molecular weight is 288 g/mol. The van der Waals surface area contributed by atoms with Crippen molar-refractivity contribution >= 4 is 5.91 Å². The van der Waals surface area contributed by atoms with Gasteiger partial charge < -0.3 is 16.2 Å². The molecule has 0 radical (unpaired) electrons. The first-order valence-electron chi connectivity index (χ1n) is 6.20. The molecular weight excluding hydrogens is 273 g/mol. The smallest absolute Gasteiger partial charge is 0.416 e. The molecule has 4 nitrogen and oxygen atoms in total. The van der Waals surface area contributed by atoms with Crippen LogP contribution < -0.4 is 16.2 Å². The largest absolute Gasteiger partial charge is 0.490 e. The number of nitrogens with two attached hydrogens (primary N) is 2. The maximum atomic E-state index is 12.6. The van der Waals surface area contributed by atoms with Gasteiger partial charge in [0.2, 0.25) is 0 Å². The molecule has 0 heterocycles. The van der Waals surface area contributed by atoms with Crippen molar-refractivity contribution in [2.24, 2.45) is 11.5 Å². The van der Waals surface area contributed by atoms with Gasteiger partial charge in [-0.3, -0.25) is 4.79 Å². The van der Waals surface area contributed by atoms with Gasteiger partial charge in [-0.15, -0.1) is 0 Å². The van der Waals surface area contributed by atoms with Crippen LogP contribution >= 0.6 is 0 Å². The summed E-state index contributed by atoms with van der Waals surface area (Å²) in [5.74, 6) is -0.877. The Kier molecular flexibility index (Phi) is 3.89. The SMILES string of the molecule is NC(=O)c1cc(C(F)(F)F)ccc1OC1CCC(N)C1. The standard InChI is InChI=1S/C13H15F3N2O2/c14-13(15,16)7-1-4-11(10(5-7)12(18)19)20-9-3-2-8(17)6-9/h1,4-5,8-9H,2-3,6,17H2,(H2,18,19). The van der Waals surface area contributed by atoms with Gasteiger partial charge in [0.15, 0.2) is 0 Å². The highest BCUT2D eigenvalue weighted by atomic mass is 19.4. The molecular formula is C13H15F3N2O2. The molecule has 7 heteroatoms. The lowest BCUT2D eigenvalue weighted by atomic mass is 10.1. The highest BCUT2D eigenvalue weighted by Crippen LogP contribution is 2.33. The number of rotatable bonds is 3. The molecule has 1 aliphatic carbocycles. The summed E-state index contributed by atoms with van der Waals surface area (Å²) < 4.78 is 43.4. The molecule has 1 aromatic carbocycles. The first-order chi connectivity index (χ1) is 9.27. The van der Waals surface area contributed by atoms with Gasteiger partial charge in [-0.25, -0.2) is 0 Å². The summed E-state index contributed by atoms with van der Waals surface area (Å²) in [5, 5.41) is 0. The first-order valence-corrected chi connectivity index (χ1v) is 6.20. The number of hydrogen-bond donors (Lipinski definition) is 2. The number of carbonyl (C=O) groups excluding carboxylic acids is 1. The topological polar surface area (TPSA) is 78.3 Å². The second-order valence-corrected chi connectivity index (χ2v) is 4.89. The number of primary amides is 1. The monoisotopic (exact) mass is 288 g/mol. The van der Waals surface area contributed by atoms with E-state index in [2.05, 4.69) is 0 Å². The lowest BCUT2D eigenvalue weighted by molar-refractivity contribution is -0.137. The Balaban J connectivity index is 2.26. The fourth-order valence-electron chi connectivity index (χ4n) is 2.26. The predicted molar refractivity (Wildman–Crippen MR) is 66.2 cm³/mol. The van der Waals surface area contributed by atoms with Crippen LogP contribution in [0.2, 0.25) is 0 Å². The van der Waals surface area contributed by atoms with Crippen molar-refractivity contribution in [1.82, 2.24) is 0 Å². The van der Waals surface area contributed by atoms with Crippen molar-refractivity contribution in [2.75, 3.05) is 0 Å². The Morgan fingerprint density at radius 3 is 2.50 bits per heavy atom. The second-order valence-electron chi connectivity index (χ2n) is 4.89. The molecule has 110 valence electrons. The van der Waals surface area contributed by atoms with Crippen LogP contribution in [0.15, 0.2) is 18.2 Å². The third-order valence-corrected chi connectivity index (χ3v) is 3.29. The van der Waals surface area contributed by atoms with Gasteiger partial charge in [-0.05, 0) is 37.5 Å². The molecule has 0 aromatic heterocycles. The van der Waals surface area contributed by atoms with Crippen LogP contribution in [-0.4, -0.2) is 18.1 Å². The Hall–Kier alpha value is -1.76. The molecule has 1 aliphatic rings.